The summed E-state index contributed by atoms with van der Waals surface area (Å²) in [7, 11) is 0. The molecule has 116 valence electrons. The normalized spacial score (nSPS) is 21.0. The van der Waals surface area contributed by atoms with Crippen molar-refractivity contribution >= 4 is 5.91 Å². The van der Waals surface area contributed by atoms with E-state index < -0.39 is 23.7 Å². The first-order chi connectivity index (χ1) is 10.0. The zero-order valence-corrected chi connectivity index (χ0v) is 12.2. The number of hydrogen-bond acceptors (Lipinski definition) is 5. The number of aliphatic hydroxyl groups excluding tert-OH is 2. The monoisotopic (exact) mass is 295 g/mol. The molecule has 0 aliphatic carbocycles. The largest absolute Gasteiger partial charge is 0.482 e. The fraction of sp³-hybridized carbons (Fsp3) is 0.533. The number of rotatable bonds is 5. The Morgan fingerprint density at radius 1 is 1.24 bits per heavy atom. The number of aliphatic hydroxyl groups is 2. The number of ether oxygens (including phenoxy) is 2. The molecule has 2 unspecified atom stereocenters. The van der Waals surface area contributed by atoms with Crippen molar-refractivity contribution in [2.45, 2.75) is 38.0 Å². The SMILES string of the molecule is CCC(CO)(CO)NC(=O)C1Oc2ccccc2OC1C. The van der Waals surface area contributed by atoms with E-state index in [0.29, 0.717) is 17.9 Å². The van der Waals surface area contributed by atoms with Crippen LogP contribution < -0.4 is 14.8 Å². The van der Waals surface area contributed by atoms with Crippen molar-refractivity contribution in [3.05, 3.63) is 24.3 Å². The molecule has 0 spiro atoms. The van der Waals surface area contributed by atoms with Crippen LogP contribution in [0.2, 0.25) is 0 Å². The minimum absolute atomic E-state index is 0.343. The topological polar surface area (TPSA) is 88.0 Å². The summed E-state index contributed by atoms with van der Waals surface area (Å²) in [5.41, 5.74) is -1.04. The summed E-state index contributed by atoms with van der Waals surface area (Å²) in [5.74, 6) is 0.688. The smallest absolute Gasteiger partial charge is 0.265 e. The van der Waals surface area contributed by atoms with Crippen LogP contribution >= 0.6 is 0 Å². The lowest BCUT2D eigenvalue weighted by Gasteiger charge is -2.35. The van der Waals surface area contributed by atoms with Crippen molar-refractivity contribution in [2.75, 3.05) is 13.2 Å². The van der Waals surface area contributed by atoms with E-state index in [1.807, 2.05) is 6.07 Å². The van der Waals surface area contributed by atoms with Gasteiger partial charge in [-0.05, 0) is 25.5 Å². The Morgan fingerprint density at radius 3 is 2.33 bits per heavy atom. The molecule has 0 aromatic heterocycles. The summed E-state index contributed by atoms with van der Waals surface area (Å²) in [5, 5.41) is 21.5. The first-order valence-corrected chi connectivity index (χ1v) is 7.01. The molecule has 1 aliphatic heterocycles. The average Bonchev–Trinajstić information content (AvgIpc) is 2.52. The molecule has 2 rings (SSSR count). The van der Waals surface area contributed by atoms with Crippen LogP contribution in [0, 0.1) is 0 Å². The lowest BCUT2D eigenvalue weighted by atomic mass is 9.97. The minimum Gasteiger partial charge on any atom is -0.482 e. The van der Waals surface area contributed by atoms with Crippen molar-refractivity contribution in [1.29, 1.82) is 0 Å². The molecule has 0 saturated carbocycles. The van der Waals surface area contributed by atoms with Crippen LogP contribution in [0.1, 0.15) is 20.3 Å². The molecule has 0 radical (unpaired) electrons. The van der Waals surface area contributed by atoms with Crippen LogP contribution in [0.5, 0.6) is 11.5 Å². The van der Waals surface area contributed by atoms with Gasteiger partial charge in [0.25, 0.3) is 5.91 Å². The molecular formula is C15H21NO5. The Balaban J connectivity index is 2.13. The van der Waals surface area contributed by atoms with Crippen molar-refractivity contribution < 1.29 is 24.5 Å². The second kappa shape index (κ2) is 6.32. The highest BCUT2D eigenvalue weighted by molar-refractivity contribution is 5.83. The predicted octanol–water partition coefficient (Wildman–Crippen LogP) is 0.465. The highest BCUT2D eigenvalue weighted by Crippen LogP contribution is 2.33. The van der Waals surface area contributed by atoms with Crippen molar-refractivity contribution in [2.24, 2.45) is 0 Å². The first kappa shape index (κ1) is 15.6. The number of fused-ring (bicyclic) bond motifs is 1. The Morgan fingerprint density at radius 2 is 1.81 bits per heavy atom. The maximum atomic E-state index is 12.4. The van der Waals surface area contributed by atoms with Crippen molar-refractivity contribution in [1.82, 2.24) is 5.32 Å². The standard InChI is InChI=1S/C15H21NO5/c1-3-15(8-17,9-18)16-14(19)13-10(2)20-11-6-4-5-7-12(11)21-13/h4-7,10,13,17-18H,3,8-9H2,1-2H3,(H,16,19). The lowest BCUT2D eigenvalue weighted by Crippen LogP contribution is -2.59. The van der Waals surface area contributed by atoms with Gasteiger partial charge >= 0.3 is 0 Å². The number of benzene rings is 1. The number of carbonyl (C=O) groups is 1. The van der Waals surface area contributed by atoms with E-state index in [0.717, 1.165) is 0 Å². The van der Waals surface area contributed by atoms with Gasteiger partial charge < -0.3 is 25.0 Å². The lowest BCUT2D eigenvalue weighted by molar-refractivity contribution is -0.137. The number of para-hydroxylation sites is 2. The molecule has 21 heavy (non-hydrogen) atoms. The van der Waals surface area contributed by atoms with Gasteiger partial charge in [-0.3, -0.25) is 4.79 Å². The third-order valence-electron chi connectivity index (χ3n) is 3.77. The van der Waals surface area contributed by atoms with Crippen LogP contribution in [0.25, 0.3) is 0 Å². The van der Waals surface area contributed by atoms with E-state index >= 15 is 0 Å². The third kappa shape index (κ3) is 3.11. The highest BCUT2D eigenvalue weighted by Gasteiger charge is 2.38. The zero-order valence-electron chi connectivity index (χ0n) is 12.2. The fourth-order valence-electron chi connectivity index (χ4n) is 2.18. The summed E-state index contributed by atoms with van der Waals surface area (Å²) in [6.07, 6.45) is -0.889. The summed E-state index contributed by atoms with van der Waals surface area (Å²) < 4.78 is 11.4. The summed E-state index contributed by atoms with van der Waals surface area (Å²) >= 11 is 0. The summed E-state index contributed by atoms with van der Waals surface area (Å²) in [6.45, 7) is 2.84. The Labute approximate surface area is 123 Å². The van der Waals surface area contributed by atoms with Gasteiger partial charge in [0.05, 0.1) is 18.8 Å². The van der Waals surface area contributed by atoms with Crippen LogP contribution in [-0.4, -0.2) is 47.1 Å². The molecule has 1 heterocycles. The van der Waals surface area contributed by atoms with E-state index in [4.69, 9.17) is 9.47 Å². The van der Waals surface area contributed by atoms with Crippen molar-refractivity contribution in [3.8, 4) is 11.5 Å². The molecule has 6 heteroatoms. The van der Waals surface area contributed by atoms with Gasteiger partial charge in [0, 0.05) is 0 Å². The Hall–Kier alpha value is -1.79. The van der Waals surface area contributed by atoms with Gasteiger partial charge in [0.2, 0.25) is 6.10 Å². The van der Waals surface area contributed by atoms with Crippen LogP contribution in [-0.2, 0) is 4.79 Å². The van der Waals surface area contributed by atoms with Gasteiger partial charge in [0.1, 0.15) is 6.10 Å². The Kier molecular flexibility index (Phi) is 4.69. The molecular weight excluding hydrogens is 274 g/mol. The molecule has 6 nitrogen and oxygen atoms in total. The van der Waals surface area contributed by atoms with Crippen LogP contribution in [0.4, 0.5) is 0 Å². The molecule has 3 N–H and O–H groups in total. The molecule has 1 amide bonds. The van der Waals surface area contributed by atoms with E-state index in [9.17, 15) is 15.0 Å². The molecule has 0 bridgehead atoms. The molecule has 1 aliphatic rings. The number of carbonyl (C=O) groups excluding carboxylic acids is 1. The van der Waals surface area contributed by atoms with Crippen LogP contribution in [0.3, 0.4) is 0 Å². The van der Waals surface area contributed by atoms with Crippen LogP contribution in [0.15, 0.2) is 24.3 Å². The van der Waals surface area contributed by atoms with Gasteiger partial charge in [-0.2, -0.15) is 0 Å². The van der Waals surface area contributed by atoms with Gasteiger partial charge in [-0.25, -0.2) is 0 Å². The van der Waals surface area contributed by atoms with Crippen molar-refractivity contribution in [3.63, 3.8) is 0 Å². The third-order valence-corrected chi connectivity index (χ3v) is 3.77. The Bertz CT molecular complexity index is 492. The maximum absolute atomic E-state index is 12.4. The number of nitrogens with one attached hydrogen (secondary N) is 1. The summed E-state index contributed by atoms with van der Waals surface area (Å²) in [4.78, 5) is 12.4. The van der Waals surface area contributed by atoms with E-state index in [-0.39, 0.29) is 13.2 Å². The van der Waals surface area contributed by atoms with E-state index in [2.05, 4.69) is 5.32 Å². The first-order valence-electron chi connectivity index (χ1n) is 7.01. The van der Waals surface area contributed by atoms with Gasteiger partial charge in [0.15, 0.2) is 11.5 Å². The molecule has 0 fully saturated rings. The molecule has 1 aromatic rings. The van der Waals surface area contributed by atoms with Gasteiger partial charge in [-0.15, -0.1) is 0 Å². The van der Waals surface area contributed by atoms with E-state index in [1.54, 1.807) is 32.0 Å². The predicted molar refractivity (Wildman–Crippen MR) is 76.3 cm³/mol. The maximum Gasteiger partial charge on any atom is 0.265 e. The van der Waals surface area contributed by atoms with Gasteiger partial charge in [-0.1, -0.05) is 19.1 Å². The minimum atomic E-state index is -1.04. The second-order valence-corrected chi connectivity index (χ2v) is 5.25. The highest BCUT2D eigenvalue weighted by atomic mass is 16.6. The average molecular weight is 295 g/mol. The fourth-order valence-corrected chi connectivity index (χ4v) is 2.18. The second-order valence-electron chi connectivity index (χ2n) is 5.25. The number of amides is 1. The number of hydrogen-bond donors (Lipinski definition) is 3. The molecule has 1 aromatic carbocycles. The molecule has 2 atom stereocenters. The van der Waals surface area contributed by atoms with E-state index in [1.165, 1.54) is 0 Å². The molecule has 0 saturated heterocycles. The summed E-state index contributed by atoms with van der Waals surface area (Å²) in [6, 6.07) is 7.13. The quantitative estimate of drug-likeness (QED) is 0.735. The zero-order chi connectivity index (χ0) is 15.5.